The average Bonchev–Trinajstić information content (AvgIpc) is 2.44. The zero-order valence-corrected chi connectivity index (χ0v) is 11.2. The molecule has 2 rings (SSSR count). The lowest BCUT2D eigenvalue weighted by Crippen LogP contribution is -2.55. The van der Waals surface area contributed by atoms with E-state index in [1.165, 1.54) is 0 Å². The zero-order chi connectivity index (χ0) is 13.7. The molecule has 0 saturated heterocycles. The number of hydrogen-bond donors (Lipinski definition) is 1. The van der Waals surface area contributed by atoms with Gasteiger partial charge in [0.05, 0.1) is 26.4 Å². The maximum absolute atomic E-state index is 9.67. The average molecular weight is 268 g/mol. The fourth-order valence-corrected chi connectivity index (χ4v) is 1.99. The number of benzene rings is 1. The van der Waals surface area contributed by atoms with Gasteiger partial charge < -0.3 is 24.1 Å². The van der Waals surface area contributed by atoms with Crippen LogP contribution in [0.1, 0.15) is 6.42 Å². The molecular weight excluding hydrogens is 248 g/mol. The molecule has 5 heteroatoms. The van der Waals surface area contributed by atoms with E-state index in [2.05, 4.69) is 0 Å². The first-order valence-electron chi connectivity index (χ1n) is 6.34. The lowest BCUT2D eigenvalue weighted by Gasteiger charge is -2.40. The molecule has 5 nitrogen and oxygen atoms in total. The second-order valence-corrected chi connectivity index (χ2v) is 4.46. The third kappa shape index (κ3) is 3.59. The summed E-state index contributed by atoms with van der Waals surface area (Å²) >= 11 is 0. The first-order valence-corrected chi connectivity index (χ1v) is 6.34. The van der Waals surface area contributed by atoms with Gasteiger partial charge in [0.25, 0.3) is 0 Å². The summed E-state index contributed by atoms with van der Waals surface area (Å²) in [5, 5.41) is 9.67. The summed E-state index contributed by atoms with van der Waals surface area (Å²) in [5.41, 5.74) is 0. The predicted molar refractivity (Wildman–Crippen MR) is 69.6 cm³/mol. The molecule has 0 spiro atoms. The van der Waals surface area contributed by atoms with Crippen molar-refractivity contribution >= 4 is 0 Å². The minimum Gasteiger partial charge on any atom is -0.497 e. The van der Waals surface area contributed by atoms with Crippen molar-refractivity contribution in [3.63, 3.8) is 0 Å². The van der Waals surface area contributed by atoms with Crippen LogP contribution in [0.2, 0.25) is 0 Å². The van der Waals surface area contributed by atoms with E-state index in [-0.39, 0.29) is 12.2 Å². The van der Waals surface area contributed by atoms with Crippen LogP contribution in [-0.4, -0.2) is 50.9 Å². The Morgan fingerprint density at radius 3 is 2.37 bits per heavy atom. The molecule has 0 aromatic heterocycles. The molecule has 0 aliphatic heterocycles. The Kier molecular flexibility index (Phi) is 5.01. The van der Waals surface area contributed by atoms with E-state index in [1.54, 1.807) is 14.2 Å². The number of aliphatic hydroxyl groups is 1. The topological polar surface area (TPSA) is 57.2 Å². The summed E-state index contributed by atoms with van der Waals surface area (Å²) in [6.45, 7) is 0.971. The molecule has 0 heterocycles. The van der Waals surface area contributed by atoms with Crippen molar-refractivity contribution in [3.05, 3.63) is 24.3 Å². The van der Waals surface area contributed by atoms with E-state index in [9.17, 15) is 5.11 Å². The van der Waals surface area contributed by atoms with Gasteiger partial charge in [0.15, 0.2) is 0 Å². The van der Waals surface area contributed by atoms with Crippen molar-refractivity contribution in [2.75, 3.05) is 27.4 Å². The summed E-state index contributed by atoms with van der Waals surface area (Å²) in [5.74, 6) is 1.53. The first-order chi connectivity index (χ1) is 9.24. The SMILES string of the molecule is COCCOC1C(O)CC1Oc1ccc(OC)cc1. The molecular formula is C14H20O5. The lowest BCUT2D eigenvalue weighted by molar-refractivity contribution is -0.167. The molecule has 3 atom stereocenters. The Bertz CT molecular complexity index is 378. The van der Waals surface area contributed by atoms with Crippen molar-refractivity contribution in [2.24, 2.45) is 0 Å². The standard InChI is InChI=1S/C14H20O5/c1-16-7-8-18-14-12(15)9-13(14)19-11-5-3-10(17-2)4-6-11/h3-6,12-15H,7-9H2,1-2H3. The van der Waals surface area contributed by atoms with Crippen LogP contribution in [-0.2, 0) is 9.47 Å². The molecule has 1 aliphatic rings. The van der Waals surface area contributed by atoms with Crippen LogP contribution >= 0.6 is 0 Å². The summed E-state index contributed by atoms with van der Waals surface area (Å²) in [6, 6.07) is 7.36. The fraction of sp³-hybridized carbons (Fsp3) is 0.571. The predicted octanol–water partition coefficient (Wildman–Crippen LogP) is 1.24. The first kappa shape index (κ1) is 14.1. The third-order valence-electron chi connectivity index (χ3n) is 3.16. The molecule has 106 valence electrons. The number of aliphatic hydroxyl groups excluding tert-OH is 1. The van der Waals surface area contributed by atoms with Crippen LogP contribution in [0.5, 0.6) is 11.5 Å². The Morgan fingerprint density at radius 1 is 1.11 bits per heavy atom. The molecule has 1 aliphatic carbocycles. The Morgan fingerprint density at radius 2 is 1.79 bits per heavy atom. The number of hydrogen-bond acceptors (Lipinski definition) is 5. The van der Waals surface area contributed by atoms with Crippen molar-refractivity contribution in [1.82, 2.24) is 0 Å². The third-order valence-corrected chi connectivity index (χ3v) is 3.16. The van der Waals surface area contributed by atoms with Gasteiger partial charge in [0.1, 0.15) is 23.7 Å². The van der Waals surface area contributed by atoms with Crippen molar-refractivity contribution in [3.8, 4) is 11.5 Å². The molecule has 1 N–H and O–H groups in total. The zero-order valence-electron chi connectivity index (χ0n) is 11.2. The molecule has 0 amide bonds. The van der Waals surface area contributed by atoms with E-state index >= 15 is 0 Å². The lowest BCUT2D eigenvalue weighted by atomic mass is 9.88. The van der Waals surface area contributed by atoms with E-state index in [1.807, 2.05) is 24.3 Å². The molecule has 1 saturated carbocycles. The van der Waals surface area contributed by atoms with Crippen molar-refractivity contribution in [1.29, 1.82) is 0 Å². The van der Waals surface area contributed by atoms with Crippen LogP contribution in [0.15, 0.2) is 24.3 Å². The monoisotopic (exact) mass is 268 g/mol. The van der Waals surface area contributed by atoms with E-state index < -0.39 is 6.10 Å². The Labute approximate surface area is 113 Å². The quantitative estimate of drug-likeness (QED) is 0.754. The van der Waals surface area contributed by atoms with E-state index in [4.69, 9.17) is 18.9 Å². The highest BCUT2D eigenvalue weighted by Crippen LogP contribution is 2.29. The van der Waals surface area contributed by atoms with Gasteiger partial charge in [-0.1, -0.05) is 0 Å². The minimum atomic E-state index is -0.458. The fourth-order valence-electron chi connectivity index (χ4n) is 1.99. The normalized spacial score (nSPS) is 25.7. The molecule has 1 aromatic carbocycles. The van der Waals surface area contributed by atoms with Gasteiger partial charge in [0.2, 0.25) is 0 Å². The van der Waals surface area contributed by atoms with Crippen LogP contribution in [0, 0.1) is 0 Å². The highest BCUT2D eigenvalue weighted by atomic mass is 16.6. The van der Waals surface area contributed by atoms with Crippen LogP contribution in [0.3, 0.4) is 0 Å². The molecule has 3 unspecified atom stereocenters. The summed E-state index contributed by atoms with van der Waals surface area (Å²) in [4.78, 5) is 0. The number of ether oxygens (including phenoxy) is 4. The Hall–Kier alpha value is -1.30. The van der Waals surface area contributed by atoms with Crippen molar-refractivity contribution < 1.29 is 24.1 Å². The molecule has 1 fully saturated rings. The molecule has 0 bridgehead atoms. The molecule has 0 radical (unpaired) electrons. The largest absolute Gasteiger partial charge is 0.497 e. The highest BCUT2D eigenvalue weighted by Gasteiger charge is 2.42. The second kappa shape index (κ2) is 6.75. The van der Waals surface area contributed by atoms with Gasteiger partial charge in [-0.3, -0.25) is 0 Å². The van der Waals surface area contributed by atoms with Gasteiger partial charge in [-0.25, -0.2) is 0 Å². The van der Waals surface area contributed by atoms with Crippen LogP contribution in [0.4, 0.5) is 0 Å². The maximum Gasteiger partial charge on any atom is 0.130 e. The molecule has 19 heavy (non-hydrogen) atoms. The number of methoxy groups -OCH3 is 2. The maximum atomic E-state index is 9.67. The van der Waals surface area contributed by atoms with Crippen LogP contribution in [0.25, 0.3) is 0 Å². The highest BCUT2D eigenvalue weighted by molar-refractivity contribution is 5.31. The summed E-state index contributed by atoms with van der Waals surface area (Å²) in [7, 11) is 3.24. The van der Waals surface area contributed by atoms with Crippen LogP contribution < -0.4 is 9.47 Å². The van der Waals surface area contributed by atoms with Crippen molar-refractivity contribution in [2.45, 2.75) is 24.7 Å². The van der Waals surface area contributed by atoms with E-state index in [0.717, 1.165) is 11.5 Å². The molecule has 1 aromatic rings. The minimum absolute atomic E-state index is 0.111. The van der Waals surface area contributed by atoms with Gasteiger partial charge in [-0.2, -0.15) is 0 Å². The smallest absolute Gasteiger partial charge is 0.130 e. The van der Waals surface area contributed by atoms with Gasteiger partial charge in [-0.05, 0) is 24.3 Å². The summed E-state index contributed by atoms with van der Waals surface area (Å²) < 4.78 is 21.3. The number of rotatable bonds is 7. The van der Waals surface area contributed by atoms with Gasteiger partial charge >= 0.3 is 0 Å². The summed E-state index contributed by atoms with van der Waals surface area (Å²) in [6.07, 6.45) is -0.262. The van der Waals surface area contributed by atoms with Gasteiger partial charge in [0, 0.05) is 13.5 Å². The van der Waals surface area contributed by atoms with E-state index in [0.29, 0.717) is 19.6 Å². The van der Waals surface area contributed by atoms with Gasteiger partial charge in [-0.15, -0.1) is 0 Å². The Balaban J connectivity index is 1.84. The second-order valence-electron chi connectivity index (χ2n) is 4.46.